The molecule has 0 aliphatic heterocycles. The molecule has 0 aliphatic rings. The molecule has 0 saturated heterocycles. The van der Waals surface area contributed by atoms with Crippen molar-refractivity contribution in [2.24, 2.45) is 0 Å². The summed E-state index contributed by atoms with van der Waals surface area (Å²) in [6, 6.07) is 12.3. The average Bonchev–Trinajstić information content (AvgIpc) is 3.15. The molecule has 9 heteroatoms. The van der Waals surface area contributed by atoms with Gasteiger partial charge < -0.3 is 14.8 Å². The lowest BCUT2D eigenvalue weighted by Crippen LogP contribution is -2.14. The summed E-state index contributed by atoms with van der Waals surface area (Å²) in [4.78, 5) is 23.8. The molecule has 3 aromatic rings. The van der Waals surface area contributed by atoms with Gasteiger partial charge in [0.05, 0.1) is 14.2 Å². The molecular formula is C19H18N4O4S. The first-order chi connectivity index (χ1) is 13.5. The summed E-state index contributed by atoms with van der Waals surface area (Å²) in [6.07, 6.45) is 0. The fourth-order valence-corrected chi connectivity index (χ4v) is 3.27. The van der Waals surface area contributed by atoms with Crippen LogP contribution in [0.25, 0.3) is 10.6 Å². The second kappa shape index (κ2) is 8.49. The van der Waals surface area contributed by atoms with E-state index in [2.05, 4.69) is 20.8 Å². The van der Waals surface area contributed by atoms with Crippen molar-refractivity contribution in [2.45, 2.75) is 6.92 Å². The summed E-state index contributed by atoms with van der Waals surface area (Å²) >= 11 is 1.23. The third-order valence-electron chi connectivity index (χ3n) is 3.75. The predicted molar refractivity (Wildman–Crippen MR) is 107 cm³/mol. The molecule has 0 bridgehead atoms. The van der Waals surface area contributed by atoms with Gasteiger partial charge in [-0.25, -0.2) is 0 Å². The Morgan fingerprint density at radius 3 is 2.14 bits per heavy atom. The molecule has 2 aromatic carbocycles. The standard InChI is InChI=1S/C19H18N4O4S/c1-11(24)20-13-9-7-12(8-10-13)18-22-23-19(28-18)21-17(25)16-14(26-2)5-4-6-15(16)27-3/h4-10H,1-3H3,(H,20,24)(H,21,23,25). The highest BCUT2D eigenvalue weighted by Gasteiger charge is 2.20. The summed E-state index contributed by atoms with van der Waals surface area (Å²) in [7, 11) is 2.97. The van der Waals surface area contributed by atoms with Crippen LogP contribution in [0.15, 0.2) is 42.5 Å². The molecule has 1 heterocycles. The van der Waals surface area contributed by atoms with Gasteiger partial charge in [0.15, 0.2) is 0 Å². The van der Waals surface area contributed by atoms with E-state index < -0.39 is 5.91 Å². The number of nitrogens with one attached hydrogen (secondary N) is 2. The Balaban J connectivity index is 1.78. The number of ether oxygens (including phenoxy) is 2. The maximum absolute atomic E-state index is 12.7. The lowest BCUT2D eigenvalue weighted by atomic mass is 10.1. The van der Waals surface area contributed by atoms with Crippen LogP contribution in [0.5, 0.6) is 11.5 Å². The zero-order valence-electron chi connectivity index (χ0n) is 15.5. The molecule has 0 radical (unpaired) electrons. The molecule has 0 saturated carbocycles. The Morgan fingerprint density at radius 2 is 1.57 bits per heavy atom. The molecule has 28 heavy (non-hydrogen) atoms. The molecule has 3 rings (SSSR count). The third kappa shape index (κ3) is 4.26. The maximum Gasteiger partial charge on any atom is 0.265 e. The van der Waals surface area contributed by atoms with Gasteiger partial charge in [0, 0.05) is 18.2 Å². The first kappa shape index (κ1) is 19.3. The molecule has 2 N–H and O–H groups in total. The fourth-order valence-electron chi connectivity index (χ4n) is 2.52. The molecule has 0 atom stereocenters. The number of carbonyl (C=O) groups excluding carboxylic acids is 2. The number of amides is 2. The van der Waals surface area contributed by atoms with Crippen LogP contribution in [0.2, 0.25) is 0 Å². The second-order valence-electron chi connectivity index (χ2n) is 5.66. The predicted octanol–water partition coefficient (Wildman–Crippen LogP) is 3.43. The number of methoxy groups -OCH3 is 2. The van der Waals surface area contributed by atoms with E-state index in [1.165, 1.54) is 32.5 Å². The normalized spacial score (nSPS) is 10.2. The summed E-state index contributed by atoms with van der Waals surface area (Å²) in [5, 5.41) is 14.5. The smallest absolute Gasteiger partial charge is 0.265 e. The molecular weight excluding hydrogens is 380 g/mol. The Labute approximate surface area is 165 Å². The van der Waals surface area contributed by atoms with Gasteiger partial charge >= 0.3 is 0 Å². The quantitative estimate of drug-likeness (QED) is 0.659. The molecule has 144 valence electrons. The van der Waals surface area contributed by atoms with Crippen LogP contribution in [0, 0.1) is 0 Å². The summed E-state index contributed by atoms with van der Waals surface area (Å²) in [6.45, 7) is 1.45. The number of rotatable bonds is 6. The largest absolute Gasteiger partial charge is 0.496 e. The highest BCUT2D eigenvalue weighted by Crippen LogP contribution is 2.31. The zero-order chi connectivity index (χ0) is 20.1. The minimum atomic E-state index is -0.405. The lowest BCUT2D eigenvalue weighted by Gasteiger charge is -2.11. The Morgan fingerprint density at radius 1 is 0.929 bits per heavy atom. The molecule has 2 amide bonds. The van der Waals surface area contributed by atoms with E-state index in [1.54, 1.807) is 30.3 Å². The number of benzene rings is 2. The van der Waals surface area contributed by atoms with Crippen LogP contribution >= 0.6 is 11.3 Å². The van der Waals surface area contributed by atoms with E-state index >= 15 is 0 Å². The minimum Gasteiger partial charge on any atom is -0.496 e. The van der Waals surface area contributed by atoms with Gasteiger partial charge in [-0.3, -0.25) is 14.9 Å². The van der Waals surface area contributed by atoms with E-state index in [1.807, 2.05) is 12.1 Å². The SMILES string of the molecule is COc1cccc(OC)c1C(=O)Nc1nnc(-c2ccc(NC(C)=O)cc2)s1. The van der Waals surface area contributed by atoms with Crippen LogP contribution in [-0.4, -0.2) is 36.2 Å². The van der Waals surface area contributed by atoms with Crippen molar-refractivity contribution >= 4 is 34.0 Å². The van der Waals surface area contributed by atoms with E-state index in [9.17, 15) is 9.59 Å². The monoisotopic (exact) mass is 398 g/mol. The van der Waals surface area contributed by atoms with Crippen molar-refractivity contribution in [3.8, 4) is 22.1 Å². The first-order valence-corrected chi connectivity index (χ1v) is 9.07. The van der Waals surface area contributed by atoms with Gasteiger partial charge in [-0.1, -0.05) is 17.4 Å². The number of anilines is 2. The number of carbonyl (C=O) groups is 2. The van der Waals surface area contributed by atoms with Gasteiger partial charge in [-0.2, -0.15) is 0 Å². The van der Waals surface area contributed by atoms with Gasteiger partial charge in [0.1, 0.15) is 22.1 Å². The molecule has 8 nitrogen and oxygen atoms in total. The van der Waals surface area contributed by atoms with Gasteiger partial charge in [-0.05, 0) is 36.4 Å². The Hall–Kier alpha value is -3.46. The van der Waals surface area contributed by atoms with Crippen LogP contribution in [0.4, 0.5) is 10.8 Å². The fraction of sp³-hybridized carbons (Fsp3) is 0.158. The zero-order valence-corrected chi connectivity index (χ0v) is 16.3. The third-order valence-corrected chi connectivity index (χ3v) is 4.64. The Bertz CT molecular complexity index is 979. The Kier molecular flexibility index (Phi) is 5.85. The summed E-state index contributed by atoms with van der Waals surface area (Å²) in [5.41, 5.74) is 1.79. The van der Waals surface area contributed by atoms with Crippen molar-refractivity contribution in [1.29, 1.82) is 0 Å². The number of nitrogens with zero attached hydrogens (tertiary/aromatic N) is 2. The van der Waals surface area contributed by atoms with Crippen molar-refractivity contribution < 1.29 is 19.1 Å². The van der Waals surface area contributed by atoms with Gasteiger partial charge in [0.25, 0.3) is 5.91 Å². The highest BCUT2D eigenvalue weighted by atomic mass is 32.1. The van der Waals surface area contributed by atoms with E-state index in [-0.39, 0.29) is 11.5 Å². The second-order valence-corrected chi connectivity index (χ2v) is 6.64. The van der Waals surface area contributed by atoms with E-state index in [0.29, 0.717) is 27.3 Å². The molecule has 0 aliphatic carbocycles. The maximum atomic E-state index is 12.7. The van der Waals surface area contributed by atoms with E-state index in [0.717, 1.165) is 5.56 Å². The number of aromatic nitrogens is 2. The molecule has 0 unspecified atom stereocenters. The van der Waals surface area contributed by atoms with Crippen LogP contribution in [0.1, 0.15) is 17.3 Å². The number of hydrogen-bond acceptors (Lipinski definition) is 7. The molecule has 0 spiro atoms. The molecule has 0 fully saturated rings. The summed E-state index contributed by atoms with van der Waals surface area (Å²) < 4.78 is 10.5. The van der Waals surface area contributed by atoms with Crippen LogP contribution in [-0.2, 0) is 4.79 Å². The van der Waals surface area contributed by atoms with Crippen molar-refractivity contribution in [3.63, 3.8) is 0 Å². The highest BCUT2D eigenvalue weighted by molar-refractivity contribution is 7.18. The van der Waals surface area contributed by atoms with Gasteiger partial charge in [-0.15, -0.1) is 10.2 Å². The van der Waals surface area contributed by atoms with Crippen LogP contribution in [0.3, 0.4) is 0 Å². The topological polar surface area (TPSA) is 102 Å². The van der Waals surface area contributed by atoms with Crippen molar-refractivity contribution in [2.75, 3.05) is 24.9 Å². The lowest BCUT2D eigenvalue weighted by molar-refractivity contribution is -0.114. The van der Waals surface area contributed by atoms with E-state index in [4.69, 9.17) is 9.47 Å². The number of hydrogen-bond donors (Lipinski definition) is 2. The first-order valence-electron chi connectivity index (χ1n) is 8.25. The van der Waals surface area contributed by atoms with Crippen LogP contribution < -0.4 is 20.1 Å². The van der Waals surface area contributed by atoms with Gasteiger partial charge in [0.2, 0.25) is 11.0 Å². The van der Waals surface area contributed by atoms with Crippen molar-refractivity contribution in [3.05, 3.63) is 48.0 Å². The van der Waals surface area contributed by atoms with Crippen molar-refractivity contribution in [1.82, 2.24) is 10.2 Å². The minimum absolute atomic E-state index is 0.138. The summed E-state index contributed by atoms with van der Waals surface area (Å²) in [5.74, 6) is 0.253. The average molecular weight is 398 g/mol. The molecule has 1 aromatic heterocycles.